The van der Waals surface area contributed by atoms with Crippen LogP contribution in [0.15, 0.2) is 18.2 Å². The minimum absolute atomic E-state index is 0.0295. The summed E-state index contributed by atoms with van der Waals surface area (Å²) < 4.78 is 5.08. The van der Waals surface area contributed by atoms with Crippen molar-refractivity contribution in [3.63, 3.8) is 0 Å². The van der Waals surface area contributed by atoms with E-state index < -0.39 is 0 Å². The predicted molar refractivity (Wildman–Crippen MR) is 61.5 cm³/mol. The molecule has 3 heteroatoms. The van der Waals surface area contributed by atoms with Gasteiger partial charge in [-0.05, 0) is 42.5 Å². The van der Waals surface area contributed by atoms with Crippen LogP contribution in [0, 0.1) is 11.8 Å². The summed E-state index contributed by atoms with van der Waals surface area (Å²) in [5.41, 5.74) is 2.61. The van der Waals surface area contributed by atoms with Crippen LogP contribution >= 0.6 is 11.6 Å². The first-order chi connectivity index (χ1) is 7.72. The van der Waals surface area contributed by atoms with E-state index in [0.29, 0.717) is 18.4 Å². The highest BCUT2D eigenvalue weighted by Crippen LogP contribution is 2.61. The molecule has 1 aromatic carbocycles. The molecule has 0 aliphatic heterocycles. The Bertz CT molecular complexity index is 455. The van der Waals surface area contributed by atoms with Crippen LogP contribution in [0.5, 0.6) is 0 Å². The smallest absolute Gasteiger partial charge is 0.309 e. The minimum atomic E-state index is -0.0295. The number of carbonyl (C=O) groups is 1. The molecule has 16 heavy (non-hydrogen) atoms. The van der Waals surface area contributed by atoms with Crippen molar-refractivity contribution in [1.29, 1.82) is 0 Å². The molecule has 84 valence electrons. The normalized spacial score (nSPS) is 29.5. The molecular weight excluding hydrogens is 224 g/mol. The van der Waals surface area contributed by atoms with Crippen LogP contribution in [-0.2, 0) is 16.0 Å². The van der Waals surface area contributed by atoms with Gasteiger partial charge in [-0.25, -0.2) is 0 Å². The van der Waals surface area contributed by atoms with Crippen molar-refractivity contribution in [1.82, 2.24) is 0 Å². The van der Waals surface area contributed by atoms with E-state index >= 15 is 0 Å². The molecule has 0 heterocycles. The lowest BCUT2D eigenvalue weighted by Crippen LogP contribution is -2.10. The number of hydrogen-bond acceptors (Lipinski definition) is 2. The maximum Gasteiger partial charge on any atom is 0.309 e. The van der Waals surface area contributed by atoms with Crippen LogP contribution in [0.2, 0.25) is 5.02 Å². The fraction of sp³-hybridized carbons (Fsp3) is 0.462. The molecule has 2 aliphatic carbocycles. The second-order valence-electron chi connectivity index (χ2n) is 4.51. The van der Waals surface area contributed by atoms with Crippen LogP contribution in [0.3, 0.4) is 0 Å². The second kappa shape index (κ2) is 3.49. The monoisotopic (exact) mass is 236 g/mol. The first-order valence-electron chi connectivity index (χ1n) is 5.67. The number of benzene rings is 1. The van der Waals surface area contributed by atoms with Crippen molar-refractivity contribution in [3.05, 3.63) is 34.3 Å². The average Bonchev–Trinajstić information content (AvgIpc) is 2.82. The molecule has 0 spiro atoms. The van der Waals surface area contributed by atoms with E-state index in [2.05, 4.69) is 6.07 Å². The zero-order valence-corrected chi connectivity index (χ0v) is 9.83. The van der Waals surface area contributed by atoms with Crippen LogP contribution in [0.25, 0.3) is 0 Å². The summed E-state index contributed by atoms with van der Waals surface area (Å²) in [6.45, 7) is 2.33. The summed E-state index contributed by atoms with van der Waals surface area (Å²) in [6, 6.07) is 5.98. The molecule has 0 saturated heterocycles. The fourth-order valence-corrected chi connectivity index (χ4v) is 3.14. The standard InChI is InChI=1S/C13H13ClO2/c1-2-16-13(15)12-10-6-7-5-8(14)3-4-9(7)11(10)12/h3-5,10-12H,2,6H2,1H3/t10-,11-,12+/m0/s1. The maximum atomic E-state index is 11.6. The molecule has 0 unspecified atom stereocenters. The Labute approximate surface area is 99.6 Å². The van der Waals surface area contributed by atoms with Crippen LogP contribution in [0.4, 0.5) is 0 Å². The van der Waals surface area contributed by atoms with Gasteiger partial charge in [0.05, 0.1) is 12.5 Å². The number of halogens is 1. The average molecular weight is 237 g/mol. The molecule has 0 amide bonds. The molecule has 1 aromatic rings. The first-order valence-corrected chi connectivity index (χ1v) is 6.05. The Morgan fingerprint density at radius 2 is 2.38 bits per heavy atom. The van der Waals surface area contributed by atoms with Gasteiger partial charge in [0, 0.05) is 10.9 Å². The highest BCUT2D eigenvalue weighted by atomic mass is 35.5. The summed E-state index contributed by atoms with van der Waals surface area (Å²) in [5.74, 6) is 0.936. The highest BCUT2D eigenvalue weighted by Gasteiger charge is 2.60. The predicted octanol–water partition coefficient (Wildman–Crippen LogP) is 2.79. The Morgan fingerprint density at radius 1 is 1.56 bits per heavy atom. The van der Waals surface area contributed by atoms with Crippen LogP contribution in [0.1, 0.15) is 24.0 Å². The number of rotatable bonds is 2. The van der Waals surface area contributed by atoms with Crippen molar-refractivity contribution in [2.24, 2.45) is 11.8 Å². The van der Waals surface area contributed by atoms with E-state index in [4.69, 9.17) is 16.3 Å². The fourth-order valence-electron chi connectivity index (χ4n) is 2.94. The number of fused-ring (bicyclic) bond motifs is 3. The van der Waals surface area contributed by atoms with Crippen LogP contribution < -0.4 is 0 Å². The van der Waals surface area contributed by atoms with Crippen molar-refractivity contribution < 1.29 is 9.53 Å². The lowest BCUT2D eigenvalue weighted by atomic mass is 10.0. The number of ether oxygens (including phenoxy) is 1. The van der Waals surface area contributed by atoms with E-state index in [9.17, 15) is 4.79 Å². The van der Waals surface area contributed by atoms with Gasteiger partial charge in [-0.2, -0.15) is 0 Å². The van der Waals surface area contributed by atoms with Gasteiger partial charge in [0.15, 0.2) is 0 Å². The van der Waals surface area contributed by atoms with Crippen molar-refractivity contribution >= 4 is 17.6 Å². The zero-order valence-electron chi connectivity index (χ0n) is 9.07. The Kier molecular flexibility index (Phi) is 2.21. The van der Waals surface area contributed by atoms with E-state index in [1.54, 1.807) is 0 Å². The van der Waals surface area contributed by atoms with Gasteiger partial charge in [0.1, 0.15) is 0 Å². The number of hydrogen-bond donors (Lipinski definition) is 0. The molecule has 0 aromatic heterocycles. The molecule has 0 bridgehead atoms. The summed E-state index contributed by atoms with van der Waals surface area (Å²) >= 11 is 5.94. The lowest BCUT2D eigenvalue weighted by Gasteiger charge is -2.07. The molecular formula is C13H13ClO2. The largest absolute Gasteiger partial charge is 0.466 e. The molecule has 3 atom stereocenters. The third-order valence-electron chi connectivity index (χ3n) is 3.65. The lowest BCUT2D eigenvalue weighted by molar-refractivity contribution is -0.145. The van der Waals surface area contributed by atoms with E-state index in [0.717, 1.165) is 11.4 Å². The molecule has 3 rings (SSSR count). The molecule has 2 nitrogen and oxygen atoms in total. The second-order valence-corrected chi connectivity index (χ2v) is 4.95. The maximum absolute atomic E-state index is 11.6. The summed E-state index contributed by atoms with van der Waals surface area (Å²) in [7, 11) is 0. The van der Waals surface area contributed by atoms with Gasteiger partial charge in [-0.15, -0.1) is 0 Å². The molecule has 1 saturated carbocycles. The van der Waals surface area contributed by atoms with Gasteiger partial charge in [0.25, 0.3) is 0 Å². The number of carbonyl (C=O) groups excluding carboxylic acids is 1. The van der Waals surface area contributed by atoms with E-state index in [-0.39, 0.29) is 11.9 Å². The Morgan fingerprint density at radius 3 is 3.12 bits per heavy atom. The van der Waals surface area contributed by atoms with Gasteiger partial charge in [-0.1, -0.05) is 17.7 Å². The Balaban J connectivity index is 1.82. The van der Waals surface area contributed by atoms with Crippen molar-refractivity contribution in [2.75, 3.05) is 6.61 Å². The highest BCUT2D eigenvalue weighted by molar-refractivity contribution is 6.30. The van der Waals surface area contributed by atoms with Gasteiger partial charge >= 0.3 is 5.97 Å². The van der Waals surface area contributed by atoms with Crippen molar-refractivity contribution in [3.8, 4) is 0 Å². The van der Waals surface area contributed by atoms with E-state index in [1.165, 1.54) is 11.1 Å². The van der Waals surface area contributed by atoms with Gasteiger partial charge in [-0.3, -0.25) is 4.79 Å². The molecule has 0 N–H and O–H groups in total. The molecule has 1 fully saturated rings. The summed E-state index contributed by atoms with van der Waals surface area (Å²) in [4.78, 5) is 11.6. The third kappa shape index (κ3) is 1.36. The Hall–Kier alpha value is -1.02. The number of esters is 1. The first kappa shape index (κ1) is 10.2. The molecule has 0 radical (unpaired) electrons. The summed E-state index contributed by atoms with van der Waals surface area (Å²) in [5, 5.41) is 0.785. The third-order valence-corrected chi connectivity index (χ3v) is 3.88. The SMILES string of the molecule is CCOC(=O)[C@@H]1[C@H]2Cc3cc(Cl)ccc3[C@@H]21. The van der Waals surface area contributed by atoms with Gasteiger partial charge < -0.3 is 4.74 Å². The van der Waals surface area contributed by atoms with Crippen molar-refractivity contribution in [2.45, 2.75) is 19.3 Å². The minimum Gasteiger partial charge on any atom is -0.466 e. The van der Waals surface area contributed by atoms with Crippen LogP contribution in [-0.4, -0.2) is 12.6 Å². The topological polar surface area (TPSA) is 26.3 Å². The quantitative estimate of drug-likeness (QED) is 0.739. The zero-order chi connectivity index (χ0) is 11.3. The van der Waals surface area contributed by atoms with Gasteiger partial charge in [0.2, 0.25) is 0 Å². The molecule has 2 aliphatic rings. The summed E-state index contributed by atoms with van der Waals surface area (Å²) in [6.07, 6.45) is 0.976. The van der Waals surface area contributed by atoms with E-state index in [1.807, 2.05) is 19.1 Å².